The summed E-state index contributed by atoms with van der Waals surface area (Å²) in [6.45, 7) is 10.8. The van der Waals surface area contributed by atoms with E-state index in [4.69, 9.17) is 0 Å². The van der Waals surface area contributed by atoms with Gasteiger partial charge in [0.2, 0.25) is 0 Å². The van der Waals surface area contributed by atoms with Crippen molar-refractivity contribution in [3.63, 3.8) is 0 Å². The second-order valence-electron chi connectivity index (χ2n) is 9.13. The summed E-state index contributed by atoms with van der Waals surface area (Å²) in [6, 6.07) is 0. The van der Waals surface area contributed by atoms with Crippen LogP contribution < -0.4 is 5.32 Å². The molecule has 1 aliphatic heterocycles. The lowest BCUT2D eigenvalue weighted by atomic mass is 9.65. The van der Waals surface area contributed by atoms with Crippen LogP contribution in [-0.2, 0) is 9.59 Å². The van der Waals surface area contributed by atoms with Crippen molar-refractivity contribution in [3.8, 4) is 0 Å². The molecule has 0 fully saturated rings. The lowest BCUT2D eigenvalue weighted by molar-refractivity contribution is -0.119. The standard InChI is InChI=1S/C20H29NO2/c1-6-7-12-17-13(8-19(2,3)10-15(17)22)21-14-9-20(4,5)11-16(23)18(12)14/h12,21H,6-11H2,1-5H3. The zero-order valence-corrected chi connectivity index (χ0v) is 15.1. The van der Waals surface area contributed by atoms with E-state index in [0.29, 0.717) is 12.8 Å². The molecule has 3 aliphatic rings. The van der Waals surface area contributed by atoms with Crippen LogP contribution in [0.25, 0.3) is 0 Å². The lowest BCUT2D eigenvalue weighted by Crippen LogP contribution is -2.43. The van der Waals surface area contributed by atoms with Gasteiger partial charge in [0.25, 0.3) is 0 Å². The summed E-state index contributed by atoms with van der Waals surface area (Å²) in [5.74, 6) is 0.510. The van der Waals surface area contributed by atoms with Crippen molar-refractivity contribution in [3.05, 3.63) is 22.5 Å². The van der Waals surface area contributed by atoms with Crippen molar-refractivity contribution in [2.24, 2.45) is 16.7 Å². The van der Waals surface area contributed by atoms with E-state index in [9.17, 15) is 9.59 Å². The SMILES string of the molecule is CCCC1C2=C(CC(C)(C)CC2=O)NC2=C1C(=O)CC(C)(C)C2. The quantitative estimate of drug-likeness (QED) is 0.826. The highest BCUT2D eigenvalue weighted by Gasteiger charge is 2.45. The predicted octanol–water partition coefficient (Wildman–Crippen LogP) is 4.29. The second kappa shape index (κ2) is 5.32. The number of carbonyl (C=O) groups is 2. The molecular formula is C20H29NO2. The number of rotatable bonds is 2. The van der Waals surface area contributed by atoms with E-state index in [0.717, 1.165) is 48.2 Å². The van der Waals surface area contributed by atoms with Crippen LogP contribution in [0.1, 0.15) is 73.1 Å². The molecule has 23 heavy (non-hydrogen) atoms. The number of hydrogen-bond donors (Lipinski definition) is 1. The minimum Gasteiger partial charge on any atom is -0.362 e. The average molecular weight is 315 g/mol. The summed E-state index contributed by atoms with van der Waals surface area (Å²) in [5.41, 5.74) is 4.02. The third-order valence-electron chi connectivity index (χ3n) is 5.42. The first-order valence-corrected chi connectivity index (χ1v) is 8.93. The van der Waals surface area contributed by atoms with E-state index in [1.165, 1.54) is 0 Å². The monoisotopic (exact) mass is 315 g/mol. The van der Waals surface area contributed by atoms with Crippen LogP contribution in [0.2, 0.25) is 0 Å². The second-order valence-corrected chi connectivity index (χ2v) is 9.13. The van der Waals surface area contributed by atoms with E-state index in [-0.39, 0.29) is 28.3 Å². The number of carbonyl (C=O) groups excluding carboxylic acids is 2. The highest BCUT2D eigenvalue weighted by atomic mass is 16.1. The fourth-order valence-electron chi connectivity index (χ4n) is 4.61. The fraction of sp³-hybridized carbons (Fsp3) is 0.700. The van der Waals surface area contributed by atoms with Gasteiger partial charge in [0, 0.05) is 41.3 Å². The van der Waals surface area contributed by atoms with Gasteiger partial charge < -0.3 is 5.32 Å². The first kappa shape index (κ1) is 16.5. The topological polar surface area (TPSA) is 46.2 Å². The summed E-state index contributed by atoms with van der Waals surface area (Å²) in [6.07, 6.45) is 4.88. The molecule has 0 aromatic heterocycles. The molecule has 0 unspecified atom stereocenters. The van der Waals surface area contributed by atoms with Crippen LogP contribution in [-0.4, -0.2) is 11.6 Å². The van der Waals surface area contributed by atoms with Crippen LogP contribution >= 0.6 is 0 Å². The molecule has 0 saturated carbocycles. The Labute approximate surface area is 139 Å². The van der Waals surface area contributed by atoms with Gasteiger partial charge in [-0.2, -0.15) is 0 Å². The molecule has 0 spiro atoms. The van der Waals surface area contributed by atoms with Gasteiger partial charge in [-0.05, 0) is 30.1 Å². The molecule has 0 amide bonds. The van der Waals surface area contributed by atoms with E-state index in [1.54, 1.807) is 0 Å². The highest BCUT2D eigenvalue weighted by Crippen LogP contribution is 2.48. The van der Waals surface area contributed by atoms with Crippen LogP contribution in [0.5, 0.6) is 0 Å². The molecule has 0 atom stereocenters. The largest absolute Gasteiger partial charge is 0.362 e. The van der Waals surface area contributed by atoms with Crippen molar-refractivity contribution < 1.29 is 9.59 Å². The molecule has 1 heterocycles. The molecule has 3 rings (SSSR count). The minimum absolute atomic E-state index is 0.00589. The third kappa shape index (κ3) is 2.90. The number of hydrogen-bond acceptors (Lipinski definition) is 3. The minimum atomic E-state index is 0.00589. The van der Waals surface area contributed by atoms with Crippen molar-refractivity contribution in [1.29, 1.82) is 0 Å². The number of allylic oxidation sites excluding steroid dienone is 4. The Bertz CT molecular complexity index is 582. The average Bonchev–Trinajstić information content (AvgIpc) is 2.33. The Morgan fingerprint density at radius 3 is 1.70 bits per heavy atom. The number of ketones is 2. The van der Waals surface area contributed by atoms with Gasteiger partial charge in [-0.15, -0.1) is 0 Å². The Balaban J connectivity index is 2.07. The van der Waals surface area contributed by atoms with Crippen molar-refractivity contribution >= 4 is 11.6 Å². The molecule has 3 nitrogen and oxygen atoms in total. The Morgan fingerprint density at radius 1 is 0.870 bits per heavy atom. The normalized spacial score (nSPS) is 26.8. The summed E-state index contributed by atoms with van der Waals surface area (Å²) >= 11 is 0. The zero-order chi connectivity index (χ0) is 17.0. The first-order chi connectivity index (χ1) is 10.6. The Morgan fingerprint density at radius 2 is 1.30 bits per heavy atom. The van der Waals surface area contributed by atoms with Gasteiger partial charge in [-0.1, -0.05) is 41.0 Å². The van der Waals surface area contributed by atoms with Gasteiger partial charge >= 0.3 is 0 Å². The summed E-state index contributed by atoms with van der Waals surface area (Å²) in [4.78, 5) is 25.6. The highest BCUT2D eigenvalue weighted by molar-refractivity contribution is 6.05. The maximum atomic E-state index is 12.8. The van der Waals surface area contributed by atoms with Crippen LogP contribution in [0.4, 0.5) is 0 Å². The molecule has 126 valence electrons. The molecule has 0 bridgehead atoms. The van der Waals surface area contributed by atoms with Crippen molar-refractivity contribution in [2.45, 2.75) is 73.1 Å². The molecule has 0 radical (unpaired) electrons. The number of Topliss-reactive ketones (excluding diaryl/α,β-unsaturated/α-hetero) is 2. The van der Waals surface area contributed by atoms with Crippen molar-refractivity contribution in [2.75, 3.05) is 0 Å². The van der Waals surface area contributed by atoms with Gasteiger partial charge in [-0.3, -0.25) is 9.59 Å². The summed E-state index contributed by atoms with van der Waals surface area (Å²) in [5, 5.41) is 3.54. The number of dihydropyridines is 1. The summed E-state index contributed by atoms with van der Waals surface area (Å²) < 4.78 is 0. The fourth-order valence-corrected chi connectivity index (χ4v) is 4.61. The molecule has 0 saturated heterocycles. The van der Waals surface area contributed by atoms with E-state index >= 15 is 0 Å². The molecule has 2 aliphatic carbocycles. The summed E-state index contributed by atoms with van der Waals surface area (Å²) in [7, 11) is 0. The van der Waals surface area contributed by atoms with Crippen LogP contribution in [0.3, 0.4) is 0 Å². The third-order valence-corrected chi connectivity index (χ3v) is 5.42. The smallest absolute Gasteiger partial charge is 0.161 e. The van der Waals surface area contributed by atoms with Crippen molar-refractivity contribution in [1.82, 2.24) is 5.32 Å². The number of nitrogens with one attached hydrogen (secondary N) is 1. The van der Waals surface area contributed by atoms with Gasteiger partial charge in [-0.25, -0.2) is 0 Å². The van der Waals surface area contributed by atoms with E-state index in [2.05, 4.69) is 39.9 Å². The zero-order valence-electron chi connectivity index (χ0n) is 15.1. The molecular weight excluding hydrogens is 286 g/mol. The Kier molecular flexibility index (Phi) is 3.81. The maximum absolute atomic E-state index is 12.8. The van der Waals surface area contributed by atoms with Gasteiger partial charge in [0.1, 0.15) is 0 Å². The van der Waals surface area contributed by atoms with E-state index < -0.39 is 0 Å². The molecule has 3 heteroatoms. The van der Waals surface area contributed by atoms with Crippen LogP contribution in [0, 0.1) is 16.7 Å². The van der Waals surface area contributed by atoms with E-state index in [1.807, 2.05) is 0 Å². The van der Waals surface area contributed by atoms with Gasteiger partial charge in [0.05, 0.1) is 0 Å². The molecule has 0 aromatic rings. The molecule has 0 aromatic carbocycles. The predicted molar refractivity (Wildman–Crippen MR) is 91.6 cm³/mol. The Hall–Kier alpha value is -1.38. The maximum Gasteiger partial charge on any atom is 0.161 e. The lowest BCUT2D eigenvalue weighted by Gasteiger charge is -2.43. The first-order valence-electron chi connectivity index (χ1n) is 8.93. The van der Waals surface area contributed by atoms with Gasteiger partial charge in [0.15, 0.2) is 11.6 Å². The molecule has 1 N–H and O–H groups in total. The van der Waals surface area contributed by atoms with Crippen LogP contribution in [0.15, 0.2) is 22.5 Å².